The average molecular weight is 402 g/mol. The Morgan fingerprint density at radius 1 is 1.15 bits per heavy atom. The molecule has 1 fully saturated rings. The molecule has 1 amide bonds. The molecule has 0 aliphatic carbocycles. The molecule has 0 spiro atoms. The van der Waals surface area contributed by atoms with E-state index in [1.807, 2.05) is 4.90 Å². The predicted octanol–water partition coefficient (Wildman–Crippen LogP) is 3.38. The molecule has 2 heterocycles. The van der Waals surface area contributed by atoms with Crippen LogP contribution in [0.25, 0.3) is 16.3 Å². The molecule has 6 heteroatoms. The molecule has 4 nitrogen and oxygen atoms in total. The zero-order valence-corrected chi connectivity index (χ0v) is 16.8. The Hall–Kier alpha value is -1.79. The fraction of sp³-hybridized carbons (Fsp3) is 0.381. The van der Waals surface area contributed by atoms with Gasteiger partial charge in [0.15, 0.2) is 9.84 Å². The molecule has 27 heavy (non-hydrogen) atoms. The number of nitrogens with zero attached hydrogens (tertiary/aromatic N) is 1. The van der Waals surface area contributed by atoms with Gasteiger partial charge in [0.1, 0.15) is 0 Å². The van der Waals surface area contributed by atoms with E-state index in [1.165, 1.54) is 33.7 Å². The molecule has 1 saturated heterocycles. The summed E-state index contributed by atoms with van der Waals surface area (Å²) in [7, 11) is -2.88. The van der Waals surface area contributed by atoms with Gasteiger partial charge in [-0.1, -0.05) is 48.5 Å². The number of amides is 1. The molecule has 4 rings (SSSR count). The first-order valence-corrected chi connectivity index (χ1v) is 12.2. The fourth-order valence-corrected chi connectivity index (χ4v) is 7.36. The lowest BCUT2D eigenvalue weighted by Gasteiger charge is -2.27. The van der Waals surface area contributed by atoms with E-state index in [-0.39, 0.29) is 22.7 Å². The van der Waals surface area contributed by atoms with Gasteiger partial charge in [-0.05, 0) is 34.8 Å². The highest BCUT2D eigenvalue weighted by atomic mass is 32.2. The second-order valence-electron chi connectivity index (χ2n) is 7.18. The van der Waals surface area contributed by atoms with Crippen molar-refractivity contribution in [1.82, 2.24) is 4.90 Å². The van der Waals surface area contributed by atoms with E-state index in [0.717, 1.165) is 13.0 Å². The fourth-order valence-electron chi connectivity index (χ4n) is 3.82. The smallest absolute Gasteiger partial charge is 0.232 e. The summed E-state index contributed by atoms with van der Waals surface area (Å²) in [6.07, 6.45) is 3.68. The molecule has 0 saturated carbocycles. The van der Waals surface area contributed by atoms with E-state index in [0.29, 0.717) is 18.7 Å². The summed E-state index contributed by atoms with van der Waals surface area (Å²) in [5.41, 5.74) is 2.55. The lowest BCUT2D eigenvalue weighted by Crippen LogP contribution is -2.36. The molecule has 2 aliphatic rings. The highest BCUT2D eigenvalue weighted by Gasteiger charge is 2.29. The van der Waals surface area contributed by atoms with Crippen LogP contribution in [0.2, 0.25) is 0 Å². The molecule has 0 N–H and O–H groups in total. The Bertz CT molecular complexity index is 992. The van der Waals surface area contributed by atoms with Gasteiger partial charge in [-0.25, -0.2) is 8.42 Å². The Morgan fingerprint density at radius 2 is 1.96 bits per heavy atom. The normalized spacial score (nSPS) is 22.0. The predicted molar refractivity (Wildman–Crippen MR) is 113 cm³/mol. The summed E-state index contributed by atoms with van der Waals surface area (Å²) in [6, 6.07) is 14.7. The molecular formula is C21H23NO3S2. The van der Waals surface area contributed by atoms with Crippen LogP contribution in [0.3, 0.4) is 0 Å². The number of hydrogen-bond acceptors (Lipinski definition) is 4. The SMILES string of the molecule is O=C(CS[C@H]1CCS(=O)(=O)C1)N1CC=C(c2cccc3ccccc23)CC1. The van der Waals surface area contributed by atoms with Crippen LogP contribution in [-0.2, 0) is 14.6 Å². The first-order valence-electron chi connectivity index (χ1n) is 9.29. The Balaban J connectivity index is 1.39. The second kappa shape index (κ2) is 7.68. The van der Waals surface area contributed by atoms with E-state index >= 15 is 0 Å². The first kappa shape index (κ1) is 18.6. The lowest BCUT2D eigenvalue weighted by molar-refractivity contribution is -0.127. The standard InChI is InChI=1S/C21H23NO3S2/c23-21(14-26-18-10-13-27(24,25)15-18)22-11-8-17(9-12-22)20-7-3-5-16-4-1-2-6-19(16)20/h1-8,18H,9-15H2/t18-/m0/s1. The molecule has 0 radical (unpaired) electrons. The minimum absolute atomic E-state index is 0.0746. The lowest BCUT2D eigenvalue weighted by atomic mass is 9.94. The van der Waals surface area contributed by atoms with Gasteiger partial charge in [-0.15, -0.1) is 11.8 Å². The molecule has 2 aliphatic heterocycles. The summed E-state index contributed by atoms with van der Waals surface area (Å²) >= 11 is 1.50. The van der Waals surface area contributed by atoms with Crippen molar-refractivity contribution < 1.29 is 13.2 Å². The van der Waals surface area contributed by atoms with Crippen molar-refractivity contribution in [2.45, 2.75) is 18.1 Å². The quantitative estimate of drug-likeness (QED) is 0.788. The number of rotatable bonds is 4. The first-order chi connectivity index (χ1) is 13.0. The Kier molecular flexibility index (Phi) is 5.28. The van der Waals surface area contributed by atoms with Gasteiger partial charge in [0.25, 0.3) is 0 Å². The average Bonchev–Trinajstić information content (AvgIpc) is 3.04. The zero-order valence-electron chi connectivity index (χ0n) is 15.1. The van der Waals surface area contributed by atoms with Crippen LogP contribution in [0.1, 0.15) is 18.4 Å². The van der Waals surface area contributed by atoms with Crippen LogP contribution < -0.4 is 0 Å². The maximum absolute atomic E-state index is 12.5. The molecule has 142 valence electrons. The number of carbonyl (C=O) groups excluding carboxylic acids is 1. The summed E-state index contributed by atoms with van der Waals surface area (Å²) in [5, 5.41) is 2.56. The minimum atomic E-state index is -2.88. The highest BCUT2D eigenvalue weighted by Crippen LogP contribution is 2.30. The van der Waals surface area contributed by atoms with E-state index in [9.17, 15) is 13.2 Å². The van der Waals surface area contributed by atoms with Crippen molar-refractivity contribution in [3.05, 3.63) is 54.1 Å². The third-order valence-corrected chi connectivity index (χ3v) is 8.60. The number of sulfone groups is 1. The number of fused-ring (bicyclic) bond motifs is 1. The zero-order chi connectivity index (χ0) is 18.9. The van der Waals surface area contributed by atoms with Crippen LogP contribution in [0.4, 0.5) is 0 Å². The van der Waals surface area contributed by atoms with Crippen LogP contribution in [0.5, 0.6) is 0 Å². The summed E-state index contributed by atoms with van der Waals surface area (Å²) in [6.45, 7) is 1.35. The Morgan fingerprint density at radius 3 is 2.70 bits per heavy atom. The van der Waals surface area contributed by atoms with Gasteiger partial charge in [0, 0.05) is 18.3 Å². The van der Waals surface area contributed by atoms with Crippen LogP contribution in [-0.4, -0.2) is 54.8 Å². The Labute approximate surface area is 164 Å². The third kappa shape index (κ3) is 4.22. The molecule has 2 aromatic rings. The van der Waals surface area contributed by atoms with E-state index in [1.54, 1.807) is 0 Å². The molecule has 2 aromatic carbocycles. The van der Waals surface area contributed by atoms with Crippen LogP contribution in [0.15, 0.2) is 48.5 Å². The van der Waals surface area contributed by atoms with Crippen molar-refractivity contribution in [3.63, 3.8) is 0 Å². The molecule has 0 aromatic heterocycles. The van der Waals surface area contributed by atoms with Gasteiger partial charge in [0.05, 0.1) is 17.3 Å². The maximum Gasteiger partial charge on any atom is 0.232 e. The van der Waals surface area contributed by atoms with Crippen molar-refractivity contribution in [1.29, 1.82) is 0 Å². The number of benzene rings is 2. The van der Waals surface area contributed by atoms with Crippen molar-refractivity contribution in [3.8, 4) is 0 Å². The monoisotopic (exact) mass is 401 g/mol. The minimum Gasteiger partial charge on any atom is -0.338 e. The van der Waals surface area contributed by atoms with Gasteiger partial charge in [-0.3, -0.25) is 4.79 Å². The van der Waals surface area contributed by atoms with Gasteiger partial charge in [-0.2, -0.15) is 0 Å². The summed E-state index contributed by atoms with van der Waals surface area (Å²) in [5.74, 6) is 0.963. The summed E-state index contributed by atoms with van der Waals surface area (Å²) in [4.78, 5) is 14.4. The van der Waals surface area contributed by atoms with E-state index < -0.39 is 9.84 Å². The number of thioether (sulfide) groups is 1. The summed E-state index contributed by atoms with van der Waals surface area (Å²) < 4.78 is 23.1. The molecular weight excluding hydrogens is 378 g/mol. The van der Waals surface area contributed by atoms with Crippen molar-refractivity contribution in [2.24, 2.45) is 0 Å². The number of carbonyl (C=O) groups is 1. The van der Waals surface area contributed by atoms with Crippen LogP contribution >= 0.6 is 11.8 Å². The highest BCUT2D eigenvalue weighted by molar-refractivity contribution is 8.02. The van der Waals surface area contributed by atoms with E-state index in [4.69, 9.17) is 0 Å². The van der Waals surface area contributed by atoms with Gasteiger partial charge >= 0.3 is 0 Å². The third-order valence-electron chi connectivity index (χ3n) is 5.33. The van der Waals surface area contributed by atoms with Gasteiger partial charge in [0.2, 0.25) is 5.91 Å². The van der Waals surface area contributed by atoms with Gasteiger partial charge < -0.3 is 4.90 Å². The van der Waals surface area contributed by atoms with Crippen molar-refractivity contribution >= 4 is 43.9 Å². The molecule has 1 atom stereocenters. The largest absolute Gasteiger partial charge is 0.338 e. The molecule has 0 unspecified atom stereocenters. The second-order valence-corrected chi connectivity index (χ2v) is 10.7. The number of hydrogen-bond donors (Lipinski definition) is 0. The molecule has 0 bridgehead atoms. The topological polar surface area (TPSA) is 54.5 Å². The van der Waals surface area contributed by atoms with Crippen molar-refractivity contribution in [2.75, 3.05) is 30.3 Å². The van der Waals surface area contributed by atoms with Crippen LogP contribution in [0, 0.1) is 0 Å². The maximum atomic E-state index is 12.5. The van der Waals surface area contributed by atoms with E-state index in [2.05, 4.69) is 48.5 Å².